The predicted molar refractivity (Wildman–Crippen MR) is 206 cm³/mol. The van der Waals surface area contributed by atoms with Gasteiger partial charge in [-0.05, 0) is 93.2 Å². The van der Waals surface area contributed by atoms with E-state index < -0.39 is 0 Å². The van der Waals surface area contributed by atoms with Crippen molar-refractivity contribution in [3.05, 3.63) is 138 Å². The number of fused-ring (bicyclic) bond motifs is 6. The second-order valence-corrected chi connectivity index (χ2v) is 16.2. The molecule has 1 aromatic heterocycles. The maximum absolute atomic E-state index is 5.28. The van der Waals surface area contributed by atoms with Crippen molar-refractivity contribution in [2.24, 2.45) is 0 Å². The molecule has 0 radical (unpaired) electrons. The van der Waals surface area contributed by atoms with Crippen molar-refractivity contribution in [1.29, 1.82) is 0 Å². The molecule has 0 amide bonds. The number of hydrogen-bond donors (Lipinski definition) is 0. The third kappa shape index (κ3) is 5.04. The summed E-state index contributed by atoms with van der Waals surface area (Å²) in [6.45, 7) is 9.52. The monoisotopic (exact) mass is 651 g/mol. The highest BCUT2D eigenvalue weighted by Crippen LogP contribution is 2.56. The topological polar surface area (TPSA) is 38.7 Å². The summed E-state index contributed by atoms with van der Waals surface area (Å²) in [5, 5.41) is 0. The third-order valence-corrected chi connectivity index (χ3v) is 12.2. The Hall–Kier alpha value is -4.89. The molecule has 6 aromatic rings. The Labute approximate surface area is 296 Å². The standard InChI is InChI=1S/C47H45N3/c1-45(2)27-28-46(3,4)41-30-35(22-24-39(41)45)44-49-42(33-19-17-32(18-20-33)31-13-7-5-8-14-31)48-43(50-44)34-21-23-37-36-15-9-10-16-38(36)47(40(37)29-34)25-11-6-12-26-47/h5,7-10,13-24,29-30H,6,11-12,25-28H2,1-4H3. The Morgan fingerprint density at radius 1 is 0.380 bits per heavy atom. The molecule has 0 bridgehead atoms. The maximum atomic E-state index is 5.28. The van der Waals surface area contributed by atoms with Crippen LogP contribution in [0.1, 0.15) is 94.9 Å². The molecule has 0 saturated heterocycles. The highest BCUT2D eigenvalue weighted by molar-refractivity contribution is 5.83. The van der Waals surface area contributed by atoms with Crippen LogP contribution in [0.3, 0.4) is 0 Å². The van der Waals surface area contributed by atoms with Gasteiger partial charge in [0.1, 0.15) is 0 Å². The molecule has 0 unspecified atom stereocenters. The Morgan fingerprint density at radius 2 is 0.880 bits per heavy atom. The molecule has 3 aliphatic rings. The number of benzene rings is 5. The Morgan fingerprint density at radius 3 is 1.58 bits per heavy atom. The van der Waals surface area contributed by atoms with Crippen LogP contribution in [0.2, 0.25) is 0 Å². The molecule has 9 rings (SSSR count). The van der Waals surface area contributed by atoms with Crippen molar-refractivity contribution in [2.45, 2.75) is 88.9 Å². The van der Waals surface area contributed by atoms with Gasteiger partial charge in [-0.2, -0.15) is 0 Å². The van der Waals surface area contributed by atoms with Gasteiger partial charge >= 0.3 is 0 Å². The SMILES string of the molecule is CC1(C)CCC(C)(C)c2cc(-c3nc(-c4ccc(-c5ccccc5)cc4)nc(-c4ccc5c(c4)C4(CCCCC4)c4ccccc4-5)n3)ccc21. The zero-order chi connectivity index (χ0) is 34.1. The van der Waals surface area contributed by atoms with Crippen molar-refractivity contribution in [1.82, 2.24) is 15.0 Å². The molecular formula is C47H45N3. The average molecular weight is 652 g/mol. The Kier molecular flexibility index (Phi) is 7.21. The minimum Gasteiger partial charge on any atom is -0.208 e. The molecular weight excluding hydrogens is 607 g/mol. The van der Waals surface area contributed by atoms with Crippen LogP contribution in [0.15, 0.2) is 115 Å². The molecule has 0 N–H and O–H groups in total. The molecule has 50 heavy (non-hydrogen) atoms. The van der Waals surface area contributed by atoms with Crippen molar-refractivity contribution in [3.8, 4) is 56.4 Å². The molecule has 248 valence electrons. The first-order chi connectivity index (χ1) is 24.2. The van der Waals surface area contributed by atoms with Gasteiger partial charge in [0.05, 0.1) is 0 Å². The summed E-state index contributed by atoms with van der Waals surface area (Å²) in [5.74, 6) is 2.17. The van der Waals surface area contributed by atoms with Gasteiger partial charge in [-0.15, -0.1) is 0 Å². The Balaban J connectivity index is 1.20. The summed E-state index contributed by atoms with van der Waals surface area (Å²) in [7, 11) is 0. The van der Waals surface area contributed by atoms with Gasteiger partial charge in [-0.3, -0.25) is 0 Å². The Bertz CT molecular complexity index is 2240. The minimum atomic E-state index is 0.0724. The van der Waals surface area contributed by atoms with Crippen LogP contribution in [0, 0.1) is 0 Å². The fourth-order valence-corrected chi connectivity index (χ4v) is 9.22. The lowest BCUT2D eigenvalue weighted by atomic mass is 9.63. The number of nitrogens with zero attached hydrogens (tertiary/aromatic N) is 3. The van der Waals surface area contributed by atoms with E-state index in [9.17, 15) is 0 Å². The highest BCUT2D eigenvalue weighted by atomic mass is 15.0. The second kappa shape index (κ2) is 11.6. The number of hydrogen-bond acceptors (Lipinski definition) is 3. The largest absolute Gasteiger partial charge is 0.208 e. The number of rotatable bonds is 4. The van der Waals surface area contributed by atoms with Crippen LogP contribution in [0.5, 0.6) is 0 Å². The molecule has 0 atom stereocenters. The fourth-order valence-electron chi connectivity index (χ4n) is 9.22. The first kappa shape index (κ1) is 31.1. The lowest BCUT2D eigenvalue weighted by Gasteiger charge is -2.42. The van der Waals surface area contributed by atoms with E-state index in [-0.39, 0.29) is 16.2 Å². The van der Waals surface area contributed by atoms with Gasteiger partial charge in [0.15, 0.2) is 17.5 Å². The second-order valence-electron chi connectivity index (χ2n) is 16.2. The van der Waals surface area contributed by atoms with E-state index in [1.807, 2.05) is 0 Å². The molecule has 1 spiro atoms. The lowest BCUT2D eigenvalue weighted by molar-refractivity contribution is 0.332. The molecule has 5 aromatic carbocycles. The summed E-state index contributed by atoms with van der Waals surface area (Å²) >= 11 is 0. The van der Waals surface area contributed by atoms with E-state index >= 15 is 0 Å². The van der Waals surface area contributed by atoms with Crippen molar-refractivity contribution < 1.29 is 0 Å². The normalized spacial score (nSPS) is 17.9. The van der Waals surface area contributed by atoms with E-state index in [2.05, 4.69) is 143 Å². The summed E-state index contributed by atoms with van der Waals surface area (Å²) in [6, 6.07) is 42.2. The van der Waals surface area contributed by atoms with Crippen LogP contribution in [0.25, 0.3) is 56.4 Å². The van der Waals surface area contributed by atoms with Gasteiger partial charge in [0.2, 0.25) is 0 Å². The molecule has 3 aliphatic carbocycles. The van der Waals surface area contributed by atoms with Crippen LogP contribution in [-0.4, -0.2) is 15.0 Å². The minimum absolute atomic E-state index is 0.0724. The molecule has 3 heteroatoms. The van der Waals surface area contributed by atoms with E-state index in [1.165, 1.54) is 83.0 Å². The quantitative estimate of drug-likeness (QED) is 0.190. The van der Waals surface area contributed by atoms with E-state index in [0.717, 1.165) is 34.8 Å². The van der Waals surface area contributed by atoms with Crippen LogP contribution < -0.4 is 0 Å². The van der Waals surface area contributed by atoms with E-state index in [4.69, 9.17) is 15.0 Å². The smallest absolute Gasteiger partial charge is 0.164 e. The zero-order valence-corrected chi connectivity index (χ0v) is 29.8. The molecule has 1 heterocycles. The summed E-state index contributed by atoms with van der Waals surface area (Å²) < 4.78 is 0. The van der Waals surface area contributed by atoms with Crippen LogP contribution >= 0.6 is 0 Å². The van der Waals surface area contributed by atoms with Gasteiger partial charge < -0.3 is 0 Å². The van der Waals surface area contributed by atoms with Crippen LogP contribution in [0.4, 0.5) is 0 Å². The first-order valence-electron chi connectivity index (χ1n) is 18.5. The summed E-state index contributed by atoms with van der Waals surface area (Å²) in [4.78, 5) is 15.7. The zero-order valence-electron chi connectivity index (χ0n) is 29.8. The van der Waals surface area contributed by atoms with E-state index in [0.29, 0.717) is 5.82 Å². The molecule has 1 saturated carbocycles. The van der Waals surface area contributed by atoms with Gasteiger partial charge in [-0.25, -0.2) is 15.0 Å². The van der Waals surface area contributed by atoms with Crippen molar-refractivity contribution >= 4 is 0 Å². The molecule has 3 nitrogen and oxygen atoms in total. The van der Waals surface area contributed by atoms with E-state index in [1.54, 1.807) is 0 Å². The molecule has 0 aliphatic heterocycles. The van der Waals surface area contributed by atoms with Gasteiger partial charge in [-0.1, -0.05) is 150 Å². The first-order valence-corrected chi connectivity index (χ1v) is 18.5. The molecule has 1 fully saturated rings. The lowest BCUT2D eigenvalue weighted by Crippen LogP contribution is -2.33. The average Bonchev–Trinajstić information content (AvgIpc) is 3.42. The fraction of sp³-hybridized carbons (Fsp3) is 0.298. The van der Waals surface area contributed by atoms with Crippen LogP contribution in [-0.2, 0) is 16.2 Å². The van der Waals surface area contributed by atoms with Gasteiger partial charge in [0, 0.05) is 22.1 Å². The predicted octanol–water partition coefficient (Wildman–Crippen LogP) is 12.1. The van der Waals surface area contributed by atoms with Crippen molar-refractivity contribution in [3.63, 3.8) is 0 Å². The summed E-state index contributed by atoms with van der Waals surface area (Å²) in [6.07, 6.45) is 8.60. The van der Waals surface area contributed by atoms with Gasteiger partial charge in [0.25, 0.3) is 0 Å². The summed E-state index contributed by atoms with van der Waals surface area (Å²) in [5.41, 5.74) is 14.4. The maximum Gasteiger partial charge on any atom is 0.164 e. The van der Waals surface area contributed by atoms with Crippen molar-refractivity contribution in [2.75, 3.05) is 0 Å². The highest BCUT2D eigenvalue weighted by Gasteiger charge is 2.44. The third-order valence-electron chi connectivity index (χ3n) is 12.2. The number of aromatic nitrogens is 3.